The van der Waals surface area contributed by atoms with Crippen molar-refractivity contribution in [2.24, 2.45) is 17.1 Å². The van der Waals surface area contributed by atoms with Gasteiger partial charge in [-0.1, -0.05) is 56.0 Å². The molecule has 1 atom stereocenters. The first kappa shape index (κ1) is 24.4. The fraction of sp³-hybridized carbons (Fsp3) is 0.500. The Balaban J connectivity index is 0.000000326. The molecule has 1 unspecified atom stereocenters. The van der Waals surface area contributed by atoms with Crippen LogP contribution in [0.3, 0.4) is 0 Å². The van der Waals surface area contributed by atoms with Crippen LogP contribution in [0.2, 0.25) is 0 Å². The van der Waals surface area contributed by atoms with Crippen molar-refractivity contribution in [1.82, 2.24) is 5.32 Å². The van der Waals surface area contributed by atoms with E-state index >= 15 is 0 Å². The topological polar surface area (TPSA) is 150 Å². The lowest BCUT2D eigenvalue weighted by molar-refractivity contribution is -0.166. The summed E-state index contributed by atoms with van der Waals surface area (Å²) in [6.45, 7) is 0.705. The van der Waals surface area contributed by atoms with E-state index in [0.29, 0.717) is 24.5 Å². The Hall–Kier alpha value is -2.68. The van der Waals surface area contributed by atoms with E-state index in [-0.39, 0.29) is 12.8 Å². The van der Waals surface area contributed by atoms with E-state index < -0.39 is 35.7 Å². The molecule has 0 radical (unpaired) electrons. The van der Waals surface area contributed by atoms with Crippen molar-refractivity contribution in [1.29, 1.82) is 0 Å². The molecular formula is C20H28N2O6S. The third-order valence-electron chi connectivity index (χ3n) is 5.08. The monoisotopic (exact) mass is 424 g/mol. The van der Waals surface area contributed by atoms with Crippen LogP contribution in [0.1, 0.15) is 50.5 Å². The molecule has 160 valence electrons. The minimum absolute atomic E-state index is 0.243. The van der Waals surface area contributed by atoms with E-state index in [2.05, 4.69) is 17.5 Å². The van der Waals surface area contributed by atoms with Gasteiger partial charge in [0, 0.05) is 6.54 Å². The van der Waals surface area contributed by atoms with Gasteiger partial charge in [0.05, 0.1) is 17.8 Å². The Bertz CT molecular complexity index is 702. The molecule has 1 aliphatic carbocycles. The average Bonchev–Trinajstić information content (AvgIpc) is 2.92. The third-order valence-corrected chi connectivity index (χ3v) is 5.22. The zero-order valence-electron chi connectivity index (χ0n) is 16.2. The summed E-state index contributed by atoms with van der Waals surface area (Å²) < 4.78 is 0. The second-order valence-electron chi connectivity index (χ2n) is 7.07. The van der Waals surface area contributed by atoms with E-state index in [1.807, 2.05) is 30.3 Å². The van der Waals surface area contributed by atoms with Crippen molar-refractivity contribution in [2.45, 2.75) is 51.5 Å². The predicted molar refractivity (Wildman–Crippen MR) is 111 cm³/mol. The molecule has 0 amide bonds. The molecule has 6 N–H and O–H groups in total. The summed E-state index contributed by atoms with van der Waals surface area (Å²) in [6.07, 6.45) is 2.86. The van der Waals surface area contributed by atoms with Crippen molar-refractivity contribution >= 4 is 35.2 Å². The van der Waals surface area contributed by atoms with Gasteiger partial charge in [0.1, 0.15) is 0 Å². The lowest BCUT2D eigenvalue weighted by atomic mass is 9.68. The molecule has 1 aromatic rings. The minimum atomic E-state index is -1.43. The Labute approximate surface area is 175 Å². The molecule has 0 aliphatic heterocycles. The fourth-order valence-corrected chi connectivity index (χ4v) is 3.62. The first-order valence-corrected chi connectivity index (χ1v) is 9.85. The van der Waals surface area contributed by atoms with Crippen LogP contribution in [0.25, 0.3) is 0 Å². The standard InChI is InChI=1S/C12H18O6.C8H10N2S/c13-9(14)7-8(10(15)16)12(11(17)18)5-3-1-2-4-6-12;9-8(11)10-6-7-4-2-1-3-5-7/h8H,1-7H2,(H,13,14)(H,15,16)(H,17,18);1-5H,6H2,(H3,9,10,11). The second kappa shape index (κ2) is 12.0. The van der Waals surface area contributed by atoms with Crippen molar-refractivity contribution in [3.8, 4) is 0 Å². The summed E-state index contributed by atoms with van der Waals surface area (Å²) in [5.74, 6) is -5.14. The van der Waals surface area contributed by atoms with Gasteiger partial charge in [0.2, 0.25) is 0 Å². The quantitative estimate of drug-likeness (QED) is 0.329. The van der Waals surface area contributed by atoms with E-state index in [9.17, 15) is 19.5 Å². The molecule has 2 rings (SSSR count). The number of thiocarbonyl (C=S) groups is 1. The zero-order chi connectivity index (χ0) is 21.9. The van der Waals surface area contributed by atoms with Crippen LogP contribution in [0.4, 0.5) is 0 Å². The predicted octanol–water partition coefficient (Wildman–Crippen LogP) is 2.61. The maximum absolute atomic E-state index is 11.5. The van der Waals surface area contributed by atoms with Crippen molar-refractivity contribution in [3.05, 3.63) is 35.9 Å². The largest absolute Gasteiger partial charge is 0.481 e. The third kappa shape index (κ3) is 8.06. The number of hydrogen-bond acceptors (Lipinski definition) is 4. The summed E-state index contributed by atoms with van der Waals surface area (Å²) in [4.78, 5) is 33.5. The highest BCUT2D eigenvalue weighted by Gasteiger charge is 2.50. The highest BCUT2D eigenvalue weighted by atomic mass is 32.1. The maximum atomic E-state index is 11.5. The van der Waals surface area contributed by atoms with Crippen molar-refractivity contribution < 1.29 is 29.7 Å². The van der Waals surface area contributed by atoms with Crippen LogP contribution in [-0.4, -0.2) is 38.3 Å². The molecule has 0 spiro atoms. The smallest absolute Gasteiger partial charge is 0.310 e. The lowest BCUT2D eigenvalue weighted by Gasteiger charge is -2.33. The summed E-state index contributed by atoms with van der Waals surface area (Å²) in [5.41, 5.74) is 5.01. The number of nitrogens with one attached hydrogen (secondary N) is 1. The number of carbonyl (C=O) groups is 3. The molecule has 0 heterocycles. The van der Waals surface area contributed by atoms with E-state index in [4.69, 9.17) is 15.9 Å². The van der Waals surface area contributed by atoms with Gasteiger partial charge in [0.25, 0.3) is 0 Å². The first-order chi connectivity index (χ1) is 13.7. The number of carboxylic acid groups (broad SMARTS) is 3. The van der Waals surface area contributed by atoms with E-state index in [1.54, 1.807) is 0 Å². The molecule has 8 nitrogen and oxygen atoms in total. The van der Waals surface area contributed by atoms with Crippen molar-refractivity contribution in [2.75, 3.05) is 0 Å². The average molecular weight is 425 g/mol. The fourth-order valence-electron chi connectivity index (χ4n) is 3.55. The highest BCUT2D eigenvalue weighted by molar-refractivity contribution is 7.80. The van der Waals surface area contributed by atoms with Crippen LogP contribution in [0.5, 0.6) is 0 Å². The van der Waals surface area contributed by atoms with Crippen LogP contribution in [0.15, 0.2) is 30.3 Å². The molecular weight excluding hydrogens is 396 g/mol. The Morgan fingerprint density at radius 1 is 1.03 bits per heavy atom. The summed E-state index contributed by atoms with van der Waals surface area (Å²) in [7, 11) is 0. The molecule has 1 aliphatic rings. The van der Waals surface area contributed by atoms with Gasteiger partial charge in [-0.25, -0.2) is 0 Å². The van der Waals surface area contributed by atoms with Crippen LogP contribution >= 0.6 is 12.2 Å². The van der Waals surface area contributed by atoms with Crippen LogP contribution in [0, 0.1) is 11.3 Å². The first-order valence-electron chi connectivity index (χ1n) is 9.44. The minimum Gasteiger partial charge on any atom is -0.481 e. The molecule has 9 heteroatoms. The highest BCUT2D eigenvalue weighted by Crippen LogP contribution is 2.43. The SMILES string of the molecule is NC(=S)NCc1ccccc1.O=C(O)CC(C(=O)O)C1(C(=O)O)CCCCCC1. The van der Waals surface area contributed by atoms with Gasteiger partial charge < -0.3 is 26.4 Å². The van der Waals surface area contributed by atoms with Gasteiger partial charge >= 0.3 is 17.9 Å². The number of hydrogen-bond donors (Lipinski definition) is 5. The molecule has 1 saturated carbocycles. The van der Waals surface area contributed by atoms with Crippen LogP contribution in [-0.2, 0) is 20.9 Å². The number of carboxylic acids is 3. The molecule has 1 aromatic carbocycles. The van der Waals surface area contributed by atoms with Gasteiger partial charge in [0.15, 0.2) is 5.11 Å². The van der Waals surface area contributed by atoms with E-state index in [0.717, 1.165) is 12.8 Å². The maximum Gasteiger partial charge on any atom is 0.310 e. The molecule has 1 fully saturated rings. The molecule has 0 aromatic heterocycles. The second-order valence-corrected chi connectivity index (χ2v) is 7.51. The number of nitrogens with two attached hydrogens (primary N) is 1. The van der Waals surface area contributed by atoms with Gasteiger partial charge in [-0.3, -0.25) is 14.4 Å². The Kier molecular flexibility index (Phi) is 10.1. The summed E-state index contributed by atoms with van der Waals surface area (Å²) in [5, 5.41) is 30.5. The summed E-state index contributed by atoms with van der Waals surface area (Å²) in [6, 6.07) is 9.98. The molecule has 0 saturated heterocycles. The summed E-state index contributed by atoms with van der Waals surface area (Å²) >= 11 is 4.66. The van der Waals surface area contributed by atoms with Gasteiger partial charge in [-0.05, 0) is 30.6 Å². The lowest BCUT2D eigenvalue weighted by Crippen LogP contribution is -2.43. The molecule has 29 heavy (non-hydrogen) atoms. The Morgan fingerprint density at radius 2 is 1.59 bits per heavy atom. The number of benzene rings is 1. The van der Waals surface area contributed by atoms with Crippen LogP contribution < -0.4 is 11.1 Å². The number of rotatable bonds is 7. The van der Waals surface area contributed by atoms with Crippen molar-refractivity contribution in [3.63, 3.8) is 0 Å². The normalized spacial score (nSPS) is 16.3. The van der Waals surface area contributed by atoms with Gasteiger partial charge in [-0.2, -0.15) is 0 Å². The zero-order valence-corrected chi connectivity index (χ0v) is 17.0. The van der Waals surface area contributed by atoms with E-state index in [1.165, 1.54) is 5.56 Å². The number of aliphatic carboxylic acids is 3. The Morgan fingerprint density at radius 3 is 2.00 bits per heavy atom. The molecule has 0 bridgehead atoms. The van der Waals surface area contributed by atoms with Gasteiger partial charge in [-0.15, -0.1) is 0 Å².